The summed E-state index contributed by atoms with van der Waals surface area (Å²) >= 11 is 0. The third-order valence-electron chi connectivity index (χ3n) is 4.22. The number of aliphatic hydroxyl groups excluding tert-OH is 1. The van der Waals surface area contributed by atoms with Crippen molar-refractivity contribution in [2.45, 2.75) is 43.3 Å². The summed E-state index contributed by atoms with van der Waals surface area (Å²) in [5, 5.41) is 26.7. The van der Waals surface area contributed by atoms with Gasteiger partial charge in [-0.1, -0.05) is 12.2 Å². The molecule has 2 bridgehead atoms. The van der Waals surface area contributed by atoms with Crippen LogP contribution in [0.15, 0.2) is 12.2 Å². The second-order valence-corrected chi connectivity index (χ2v) is 5.58. The monoisotopic (exact) mass is 302 g/mol. The van der Waals surface area contributed by atoms with Crippen molar-refractivity contribution in [2.75, 3.05) is 0 Å². The van der Waals surface area contributed by atoms with Gasteiger partial charge in [-0.05, 0) is 37.0 Å². The Hall–Kier alpha value is -0.730. The Morgan fingerprint density at radius 3 is 2.05 bits per heavy atom. The molecular weight excluding hydrogens is 287 g/mol. The number of hydrogen-bond acceptors (Lipinski definition) is 3. The maximum Gasteiger partial charge on any atom is 0.449 e. The van der Waals surface area contributed by atoms with E-state index in [2.05, 4.69) is 0 Å². The number of hydrogen-bond donors (Lipinski definition) is 3. The third-order valence-corrected chi connectivity index (χ3v) is 4.22. The van der Waals surface area contributed by atoms with Crippen LogP contribution in [0, 0.1) is 17.8 Å². The lowest BCUT2D eigenvalue weighted by molar-refractivity contribution is -0.429. The summed E-state index contributed by atoms with van der Waals surface area (Å²) < 4.78 is 63.7. The number of halogens is 5. The van der Waals surface area contributed by atoms with Gasteiger partial charge in [-0.25, -0.2) is 0 Å². The molecule has 4 atom stereocenters. The maximum atomic E-state index is 13.5. The molecule has 0 radical (unpaired) electrons. The smallest absolute Gasteiger partial charge is 0.387 e. The molecular formula is C12H15F5O3. The Bertz CT molecular complexity index is 404. The number of allylic oxidation sites excluding steroid dienone is 2. The highest BCUT2D eigenvalue weighted by atomic mass is 19.4. The largest absolute Gasteiger partial charge is 0.449 e. The second kappa shape index (κ2) is 4.64. The quantitative estimate of drug-likeness (QED) is 0.422. The van der Waals surface area contributed by atoms with Gasteiger partial charge in [0.1, 0.15) is 6.10 Å². The zero-order valence-electron chi connectivity index (χ0n) is 10.3. The molecule has 0 amide bonds. The summed E-state index contributed by atoms with van der Waals surface area (Å²) in [6.07, 6.45) is -4.33. The zero-order valence-corrected chi connectivity index (χ0v) is 10.3. The van der Waals surface area contributed by atoms with Gasteiger partial charge >= 0.3 is 17.9 Å². The molecule has 116 valence electrons. The van der Waals surface area contributed by atoms with Gasteiger partial charge in [0.05, 0.1) is 0 Å². The highest BCUT2D eigenvalue weighted by Gasteiger charge is 2.71. The van der Waals surface area contributed by atoms with E-state index < -0.39 is 30.4 Å². The van der Waals surface area contributed by atoms with E-state index in [1.165, 1.54) is 0 Å². The third kappa shape index (κ3) is 2.33. The van der Waals surface area contributed by atoms with Crippen LogP contribution in [-0.4, -0.2) is 39.3 Å². The molecule has 0 spiro atoms. The minimum absolute atomic E-state index is 0.0388. The molecule has 3 N–H and O–H groups in total. The predicted molar refractivity (Wildman–Crippen MR) is 57.6 cm³/mol. The first-order valence-corrected chi connectivity index (χ1v) is 6.22. The Morgan fingerprint density at radius 1 is 1.05 bits per heavy atom. The minimum atomic E-state index is -5.95. The van der Waals surface area contributed by atoms with Gasteiger partial charge in [-0.15, -0.1) is 0 Å². The standard InChI is InChI=1S/C12H15F5O3/c13-10(14,11(19,20)12(15,16)17)9(18)5-8-4-6-1-2-7(8)3-6/h1-2,6-9,18-20H,3-5H2. The van der Waals surface area contributed by atoms with Crippen molar-refractivity contribution >= 4 is 0 Å². The van der Waals surface area contributed by atoms with E-state index in [9.17, 15) is 27.1 Å². The first-order valence-electron chi connectivity index (χ1n) is 6.22. The van der Waals surface area contributed by atoms with Gasteiger partial charge in [0.2, 0.25) is 0 Å². The Labute approximate surface area is 111 Å². The first-order chi connectivity index (χ1) is 8.97. The lowest BCUT2D eigenvalue weighted by atomic mass is 9.85. The summed E-state index contributed by atoms with van der Waals surface area (Å²) in [4.78, 5) is 0. The van der Waals surface area contributed by atoms with Gasteiger partial charge in [-0.3, -0.25) is 0 Å². The molecule has 1 saturated carbocycles. The van der Waals surface area contributed by atoms with Gasteiger partial charge in [0, 0.05) is 0 Å². The summed E-state index contributed by atoms with van der Waals surface area (Å²) in [5.41, 5.74) is 0. The van der Waals surface area contributed by atoms with E-state index in [1.54, 1.807) is 6.08 Å². The van der Waals surface area contributed by atoms with E-state index >= 15 is 0 Å². The van der Waals surface area contributed by atoms with Crippen molar-refractivity contribution < 1.29 is 37.3 Å². The van der Waals surface area contributed by atoms with E-state index in [-0.39, 0.29) is 17.8 Å². The van der Waals surface area contributed by atoms with Crippen LogP contribution in [0.5, 0.6) is 0 Å². The summed E-state index contributed by atoms with van der Waals surface area (Å²) in [7, 11) is 0. The van der Waals surface area contributed by atoms with Crippen molar-refractivity contribution in [1.29, 1.82) is 0 Å². The topological polar surface area (TPSA) is 60.7 Å². The molecule has 0 aliphatic heterocycles. The van der Waals surface area contributed by atoms with Crippen LogP contribution in [0.1, 0.15) is 19.3 Å². The van der Waals surface area contributed by atoms with E-state index in [0.717, 1.165) is 6.42 Å². The van der Waals surface area contributed by atoms with E-state index in [1.807, 2.05) is 6.08 Å². The number of rotatable bonds is 4. The van der Waals surface area contributed by atoms with Crippen LogP contribution in [0.3, 0.4) is 0 Å². The van der Waals surface area contributed by atoms with E-state index in [0.29, 0.717) is 6.42 Å². The highest BCUT2D eigenvalue weighted by molar-refractivity contribution is 5.11. The zero-order chi connectivity index (χ0) is 15.3. The molecule has 2 aliphatic rings. The molecule has 1 fully saturated rings. The molecule has 0 saturated heterocycles. The van der Waals surface area contributed by atoms with Crippen LogP contribution < -0.4 is 0 Å². The SMILES string of the molecule is OC(CC1CC2C=CC1C2)C(F)(F)C(O)(O)C(F)(F)F. The fourth-order valence-corrected chi connectivity index (χ4v) is 3.02. The second-order valence-electron chi connectivity index (χ2n) is 5.58. The van der Waals surface area contributed by atoms with Crippen LogP contribution in [0.25, 0.3) is 0 Å². The minimum Gasteiger partial charge on any atom is -0.387 e. The van der Waals surface area contributed by atoms with Crippen molar-refractivity contribution in [1.82, 2.24) is 0 Å². The molecule has 0 aromatic heterocycles. The summed E-state index contributed by atoms with van der Waals surface area (Å²) in [6, 6.07) is 0. The van der Waals surface area contributed by atoms with Crippen LogP contribution in [0.2, 0.25) is 0 Å². The fraction of sp³-hybridized carbons (Fsp3) is 0.833. The summed E-state index contributed by atoms with van der Waals surface area (Å²) in [6.45, 7) is 0. The Kier molecular flexibility index (Phi) is 3.63. The number of alkyl halides is 5. The summed E-state index contributed by atoms with van der Waals surface area (Å²) in [5.74, 6) is -10.5. The van der Waals surface area contributed by atoms with Crippen LogP contribution in [-0.2, 0) is 0 Å². The van der Waals surface area contributed by atoms with Gasteiger partial charge in [-0.2, -0.15) is 22.0 Å². The van der Waals surface area contributed by atoms with Gasteiger partial charge in [0.25, 0.3) is 0 Å². The maximum absolute atomic E-state index is 13.5. The van der Waals surface area contributed by atoms with Crippen molar-refractivity contribution in [3.05, 3.63) is 12.2 Å². The van der Waals surface area contributed by atoms with Gasteiger partial charge < -0.3 is 15.3 Å². The van der Waals surface area contributed by atoms with Crippen molar-refractivity contribution in [2.24, 2.45) is 17.8 Å². The lowest BCUT2D eigenvalue weighted by Crippen LogP contribution is -2.63. The fourth-order valence-electron chi connectivity index (χ4n) is 3.02. The molecule has 0 heterocycles. The molecule has 2 aliphatic carbocycles. The molecule has 0 aromatic rings. The average molecular weight is 302 g/mol. The molecule has 0 aromatic carbocycles. The molecule has 3 nitrogen and oxygen atoms in total. The Balaban J connectivity index is 2.07. The van der Waals surface area contributed by atoms with Crippen molar-refractivity contribution in [3.8, 4) is 0 Å². The van der Waals surface area contributed by atoms with E-state index in [4.69, 9.17) is 10.2 Å². The molecule has 2 rings (SSSR count). The predicted octanol–water partition coefficient (Wildman–Crippen LogP) is 1.83. The first kappa shape index (κ1) is 15.7. The number of fused-ring (bicyclic) bond motifs is 2. The van der Waals surface area contributed by atoms with Crippen LogP contribution in [0.4, 0.5) is 22.0 Å². The molecule has 4 unspecified atom stereocenters. The highest BCUT2D eigenvalue weighted by Crippen LogP contribution is 2.48. The van der Waals surface area contributed by atoms with Gasteiger partial charge in [0.15, 0.2) is 0 Å². The lowest BCUT2D eigenvalue weighted by Gasteiger charge is -2.36. The van der Waals surface area contributed by atoms with Crippen LogP contribution >= 0.6 is 0 Å². The molecule has 8 heteroatoms. The average Bonchev–Trinajstić information content (AvgIpc) is 2.88. The normalized spacial score (nSPS) is 31.9. The van der Waals surface area contributed by atoms with Crippen molar-refractivity contribution in [3.63, 3.8) is 0 Å². The Morgan fingerprint density at radius 2 is 1.65 bits per heavy atom. The number of aliphatic hydroxyl groups is 3. The molecule has 20 heavy (non-hydrogen) atoms.